The van der Waals surface area contributed by atoms with Crippen LogP contribution >= 0.6 is 54.8 Å². The van der Waals surface area contributed by atoms with Crippen LogP contribution in [0.1, 0.15) is 35.4 Å². The molecule has 0 radical (unpaired) electrons. The number of thiophene rings is 1. The van der Waals surface area contributed by atoms with Gasteiger partial charge in [0.05, 0.1) is 0 Å². The highest BCUT2D eigenvalue weighted by atomic mass is 79.9. The Morgan fingerprint density at radius 2 is 2.29 bits per heavy atom. The molecule has 1 aliphatic carbocycles. The maximum Gasteiger partial charge on any atom is 0.107 e. The first-order chi connectivity index (χ1) is 6.66. The Kier molecular flexibility index (Phi) is 3.97. The average molecular weight is 359 g/mol. The maximum atomic E-state index is 6.01. The molecule has 0 amide bonds. The molecule has 1 fully saturated rings. The third-order valence-corrected chi connectivity index (χ3v) is 6.50. The molecule has 4 heteroatoms. The molecule has 1 aromatic heterocycles. The Bertz CT molecular complexity index is 300. The summed E-state index contributed by atoms with van der Waals surface area (Å²) >= 11 is 14.9. The van der Waals surface area contributed by atoms with Gasteiger partial charge in [0.1, 0.15) is 4.34 Å². The van der Waals surface area contributed by atoms with E-state index in [-0.39, 0.29) is 0 Å². The quantitative estimate of drug-likeness (QED) is 0.600. The molecule has 0 bridgehead atoms. The first kappa shape index (κ1) is 11.4. The Morgan fingerprint density at radius 1 is 1.57 bits per heavy atom. The van der Waals surface area contributed by atoms with Gasteiger partial charge < -0.3 is 0 Å². The Hall–Kier alpha value is 0.950. The SMILES string of the molecule is Clc1sc(C(Br)CC2CCC2)cc1Br. The average Bonchev–Trinajstić information content (AvgIpc) is 2.40. The zero-order valence-electron chi connectivity index (χ0n) is 7.60. The first-order valence-electron chi connectivity index (χ1n) is 4.75. The lowest BCUT2D eigenvalue weighted by Crippen LogP contribution is -2.12. The third-order valence-electron chi connectivity index (χ3n) is 2.74. The van der Waals surface area contributed by atoms with Crippen LogP contribution in [-0.2, 0) is 0 Å². The topological polar surface area (TPSA) is 0 Å². The summed E-state index contributed by atoms with van der Waals surface area (Å²) in [5, 5.41) is 0. The minimum atomic E-state index is 0.488. The van der Waals surface area contributed by atoms with Gasteiger partial charge >= 0.3 is 0 Å². The van der Waals surface area contributed by atoms with E-state index in [1.54, 1.807) is 11.3 Å². The van der Waals surface area contributed by atoms with E-state index in [0.29, 0.717) is 4.83 Å². The predicted octanol–water partition coefficient (Wildman–Crippen LogP) is 5.79. The van der Waals surface area contributed by atoms with Gasteiger partial charge in [-0.25, -0.2) is 0 Å². The highest BCUT2D eigenvalue weighted by Gasteiger charge is 2.22. The van der Waals surface area contributed by atoms with Crippen molar-refractivity contribution in [2.45, 2.75) is 30.5 Å². The molecule has 14 heavy (non-hydrogen) atoms. The lowest BCUT2D eigenvalue weighted by atomic mass is 9.82. The van der Waals surface area contributed by atoms with Crippen LogP contribution in [0.5, 0.6) is 0 Å². The van der Waals surface area contributed by atoms with Crippen LogP contribution in [0, 0.1) is 5.92 Å². The van der Waals surface area contributed by atoms with Gasteiger partial charge in [0.25, 0.3) is 0 Å². The number of halogens is 3. The van der Waals surface area contributed by atoms with E-state index in [0.717, 1.165) is 14.7 Å². The molecule has 1 saturated carbocycles. The second-order valence-electron chi connectivity index (χ2n) is 3.77. The number of hydrogen-bond acceptors (Lipinski definition) is 1. The Labute approximate surface area is 110 Å². The minimum absolute atomic E-state index is 0.488. The summed E-state index contributed by atoms with van der Waals surface area (Å²) in [5.41, 5.74) is 0. The number of rotatable bonds is 3. The molecule has 0 spiro atoms. The van der Waals surface area contributed by atoms with Crippen molar-refractivity contribution in [1.82, 2.24) is 0 Å². The summed E-state index contributed by atoms with van der Waals surface area (Å²) < 4.78 is 1.88. The largest absolute Gasteiger partial charge is 0.126 e. The van der Waals surface area contributed by atoms with Crippen LogP contribution in [0.3, 0.4) is 0 Å². The van der Waals surface area contributed by atoms with Gasteiger partial charge in [-0.3, -0.25) is 0 Å². The van der Waals surface area contributed by atoms with Crippen molar-refractivity contribution in [3.63, 3.8) is 0 Å². The molecule has 1 aromatic rings. The van der Waals surface area contributed by atoms with Crippen molar-refractivity contribution in [2.75, 3.05) is 0 Å². The maximum absolute atomic E-state index is 6.01. The van der Waals surface area contributed by atoms with Crippen LogP contribution in [0.15, 0.2) is 10.5 Å². The summed E-state index contributed by atoms with van der Waals surface area (Å²) in [6.45, 7) is 0. The van der Waals surface area contributed by atoms with Gasteiger partial charge in [-0.05, 0) is 34.3 Å². The van der Waals surface area contributed by atoms with Gasteiger partial charge in [-0.2, -0.15) is 0 Å². The van der Waals surface area contributed by atoms with E-state index in [2.05, 4.69) is 37.9 Å². The van der Waals surface area contributed by atoms with Gasteiger partial charge in [-0.15, -0.1) is 11.3 Å². The van der Waals surface area contributed by atoms with Crippen LogP contribution in [0.4, 0.5) is 0 Å². The lowest BCUT2D eigenvalue weighted by molar-refractivity contribution is 0.296. The van der Waals surface area contributed by atoms with Crippen LogP contribution in [0.25, 0.3) is 0 Å². The summed E-state index contributed by atoms with van der Waals surface area (Å²) in [6.07, 6.45) is 5.48. The molecule has 78 valence electrons. The molecule has 1 heterocycles. The summed E-state index contributed by atoms with van der Waals surface area (Å²) in [4.78, 5) is 1.83. The second kappa shape index (κ2) is 4.86. The van der Waals surface area contributed by atoms with Crippen molar-refractivity contribution < 1.29 is 0 Å². The molecule has 0 N–H and O–H groups in total. The normalized spacial score (nSPS) is 19.4. The number of alkyl halides is 1. The fourth-order valence-electron chi connectivity index (χ4n) is 1.65. The van der Waals surface area contributed by atoms with Crippen molar-refractivity contribution >= 4 is 54.8 Å². The van der Waals surface area contributed by atoms with E-state index >= 15 is 0 Å². The summed E-state index contributed by atoms with van der Waals surface area (Å²) in [7, 11) is 0. The van der Waals surface area contributed by atoms with Crippen LogP contribution in [-0.4, -0.2) is 0 Å². The van der Waals surface area contributed by atoms with E-state index in [9.17, 15) is 0 Å². The Balaban J connectivity index is 1.98. The molecule has 0 saturated heterocycles. The summed E-state index contributed by atoms with van der Waals surface area (Å²) in [6, 6.07) is 2.13. The number of hydrogen-bond donors (Lipinski definition) is 0. The van der Waals surface area contributed by atoms with Gasteiger partial charge in [0.15, 0.2) is 0 Å². The van der Waals surface area contributed by atoms with Crippen molar-refractivity contribution in [3.8, 4) is 0 Å². The zero-order chi connectivity index (χ0) is 10.1. The smallest absolute Gasteiger partial charge is 0.107 e. The van der Waals surface area contributed by atoms with Crippen molar-refractivity contribution in [1.29, 1.82) is 0 Å². The molecule has 1 aliphatic rings. The predicted molar refractivity (Wildman–Crippen MR) is 70.7 cm³/mol. The van der Waals surface area contributed by atoms with E-state index in [1.807, 2.05) is 0 Å². The van der Waals surface area contributed by atoms with Crippen LogP contribution in [0.2, 0.25) is 4.34 Å². The molecule has 0 nitrogen and oxygen atoms in total. The molecule has 1 unspecified atom stereocenters. The van der Waals surface area contributed by atoms with Gasteiger partial charge in [0.2, 0.25) is 0 Å². The molecular formula is C10H11Br2ClS. The van der Waals surface area contributed by atoms with E-state index in [1.165, 1.54) is 30.6 Å². The van der Waals surface area contributed by atoms with Crippen molar-refractivity contribution in [3.05, 3.63) is 19.8 Å². The fraction of sp³-hybridized carbons (Fsp3) is 0.600. The highest BCUT2D eigenvalue weighted by molar-refractivity contribution is 9.10. The third kappa shape index (κ3) is 2.55. The zero-order valence-corrected chi connectivity index (χ0v) is 12.3. The fourth-order valence-corrected chi connectivity index (χ4v) is 4.32. The molecule has 2 rings (SSSR count). The van der Waals surface area contributed by atoms with Gasteiger partial charge in [0, 0.05) is 14.2 Å². The second-order valence-corrected chi connectivity index (χ2v) is 7.42. The molecule has 1 atom stereocenters. The Morgan fingerprint density at radius 3 is 2.71 bits per heavy atom. The molecular weight excluding hydrogens is 347 g/mol. The van der Waals surface area contributed by atoms with Crippen LogP contribution < -0.4 is 0 Å². The van der Waals surface area contributed by atoms with Gasteiger partial charge in [-0.1, -0.05) is 46.8 Å². The monoisotopic (exact) mass is 356 g/mol. The van der Waals surface area contributed by atoms with E-state index in [4.69, 9.17) is 11.6 Å². The highest BCUT2D eigenvalue weighted by Crippen LogP contribution is 2.43. The summed E-state index contributed by atoms with van der Waals surface area (Å²) in [5.74, 6) is 0.930. The minimum Gasteiger partial charge on any atom is -0.126 e. The first-order valence-corrected chi connectivity index (χ1v) is 7.66. The van der Waals surface area contributed by atoms with Crippen molar-refractivity contribution in [2.24, 2.45) is 5.92 Å². The molecule has 0 aliphatic heterocycles. The lowest BCUT2D eigenvalue weighted by Gasteiger charge is -2.27. The molecule has 0 aromatic carbocycles. The standard InChI is InChI=1S/C10H11Br2ClS/c11-7(4-6-2-1-3-6)9-5-8(12)10(13)14-9/h5-7H,1-4H2. The van der Waals surface area contributed by atoms with E-state index < -0.39 is 0 Å².